The summed E-state index contributed by atoms with van der Waals surface area (Å²) in [4.78, 5) is 0. The fourth-order valence-corrected chi connectivity index (χ4v) is 6.29. The number of halogens is 3. The Kier molecular flexibility index (Phi) is 7.34. The molecule has 0 heterocycles. The Labute approximate surface area is 157 Å². The van der Waals surface area contributed by atoms with Crippen LogP contribution in [0.1, 0.15) is 6.92 Å². The van der Waals surface area contributed by atoms with E-state index in [0.717, 1.165) is 0 Å². The first-order chi connectivity index (χ1) is 11.0. The topological polar surface area (TPSA) is 0 Å². The molecule has 0 fully saturated rings. The zero-order chi connectivity index (χ0) is 16.9. The van der Waals surface area contributed by atoms with E-state index in [9.17, 15) is 0 Å². The van der Waals surface area contributed by atoms with Crippen molar-refractivity contribution in [1.29, 1.82) is 0 Å². The van der Waals surface area contributed by atoms with Gasteiger partial charge in [-0.05, 0) is 0 Å². The van der Waals surface area contributed by atoms with Crippen molar-refractivity contribution in [1.82, 2.24) is 0 Å². The van der Waals surface area contributed by atoms with Gasteiger partial charge < -0.3 is 0 Å². The van der Waals surface area contributed by atoms with E-state index in [4.69, 9.17) is 27.9 Å². The molecule has 0 aliphatic heterocycles. The van der Waals surface area contributed by atoms with Crippen molar-refractivity contribution >= 4 is 57.1 Å². The summed E-state index contributed by atoms with van der Waals surface area (Å²) in [6.45, 7) is 4.82. The summed E-state index contributed by atoms with van der Waals surface area (Å²) < 4.78 is 0. The van der Waals surface area contributed by atoms with Crippen molar-refractivity contribution in [3.63, 3.8) is 0 Å². The van der Waals surface area contributed by atoms with Crippen LogP contribution in [0.25, 0.3) is 10.8 Å². The van der Waals surface area contributed by atoms with Crippen molar-refractivity contribution in [2.24, 2.45) is 0 Å². The number of hydrogen-bond acceptors (Lipinski definition) is 0. The van der Waals surface area contributed by atoms with Gasteiger partial charge in [-0.25, -0.2) is 0 Å². The van der Waals surface area contributed by atoms with Crippen LogP contribution in [-0.4, -0.2) is 8.07 Å². The molecule has 0 radical (unpaired) electrons. The van der Waals surface area contributed by atoms with E-state index in [2.05, 4.69) is 80.2 Å². The molecule has 0 amide bonds. The van der Waals surface area contributed by atoms with Crippen LogP contribution in [0.3, 0.4) is 0 Å². The summed E-state index contributed by atoms with van der Waals surface area (Å²) in [5, 5.41) is 5.94. The number of rotatable bonds is 3. The van der Waals surface area contributed by atoms with Crippen LogP contribution in [0.2, 0.25) is 12.6 Å². The molecule has 0 spiro atoms. The van der Waals surface area contributed by atoms with Gasteiger partial charge in [0.15, 0.2) is 0 Å². The minimum absolute atomic E-state index is 1.24. The molecule has 0 nitrogen and oxygen atoms in total. The second-order valence-electron chi connectivity index (χ2n) is 5.60. The molecular weight excluding hydrogens is 399 g/mol. The Morgan fingerprint density at radius 3 is 2.09 bits per heavy atom. The Balaban J connectivity index is 0.000000433. The summed E-state index contributed by atoms with van der Waals surface area (Å²) in [7, 11) is 13.3. The molecule has 3 aromatic rings. The van der Waals surface area contributed by atoms with Gasteiger partial charge in [-0.15, -0.1) is 34.2 Å². The molecule has 0 bridgehead atoms. The van der Waals surface area contributed by atoms with Crippen molar-refractivity contribution < 1.29 is 14.7 Å². The molecule has 3 aromatic carbocycles. The van der Waals surface area contributed by atoms with E-state index in [0.29, 0.717) is 0 Å². The first-order valence-corrected chi connectivity index (χ1v) is 16.7. The SMILES string of the molecule is CC[Si](C)(c1ccccc1)[c-]1ccc2ccccc21.[Cl][Ti+]([Cl])[Cl]. The van der Waals surface area contributed by atoms with E-state index in [1.807, 2.05) is 0 Å². The van der Waals surface area contributed by atoms with Gasteiger partial charge in [-0.2, -0.15) is 12.1 Å². The zero-order valence-electron chi connectivity index (χ0n) is 13.2. The normalized spacial score (nSPS) is 13.1. The summed E-state index contributed by atoms with van der Waals surface area (Å²) in [6.07, 6.45) is 0. The van der Waals surface area contributed by atoms with E-state index in [-0.39, 0.29) is 0 Å². The van der Waals surface area contributed by atoms with Crippen molar-refractivity contribution in [3.05, 3.63) is 66.7 Å². The van der Waals surface area contributed by atoms with Gasteiger partial charge in [0.05, 0.1) is 8.07 Å². The first kappa shape index (κ1) is 19.2. The second kappa shape index (κ2) is 8.80. The van der Waals surface area contributed by atoms with E-state index in [1.54, 1.807) is 5.19 Å². The van der Waals surface area contributed by atoms with Gasteiger partial charge in [0, 0.05) is 0 Å². The Morgan fingerprint density at radius 1 is 0.913 bits per heavy atom. The van der Waals surface area contributed by atoms with Gasteiger partial charge in [-0.1, -0.05) is 61.1 Å². The molecule has 1 unspecified atom stereocenters. The molecule has 23 heavy (non-hydrogen) atoms. The molecule has 0 aromatic heterocycles. The average Bonchev–Trinajstić information content (AvgIpc) is 2.99. The zero-order valence-corrected chi connectivity index (χ0v) is 18.0. The molecule has 0 aliphatic rings. The molecule has 5 heteroatoms. The van der Waals surface area contributed by atoms with Crippen LogP contribution in [0.15, 0.2) is 66.7 Å². The second-order valence-corrected chi connectivity index (χ2v) is 17.8. The third-order valence-corrected chi connectivity index (χ3v) is 9.04. The predicted octanol–water partition coefficient (Wildman–Crippen LogP) is 5.84. The standard InChI is InChI=1S/C18H19Si.3ClH.Ti/c1-3-19(2,16-10-5-4-6-11-16)18-14-13-15-9-7-8-12-17(15)18;;;;/h4-14H,3H2,1-2H3;3*1H;/q-1;;;;+4/p-3. The fourth-order valence-electron chi connectivity index (χ4n) is 2.99. The van der Waals surface area contributed by atoms with Gasteiger partial charge in [0.25, 0.3) is 0 Å². The Bertz CT molecular complexity index is 739. The molecule has 0 saturated carbocycles. The average molecular weight is 418 g/mol. The summed E-state index contributed by atoms with van der Waals surface area (Å²) in [6, 6.07) is 25.7. The minimum atomic E-state index is -1.92. The molecule has 0 aliphatic carbocycles. The Morgan fingerprint density at radius 2 is 1.48 bits per heavy atom. The number of hydrogen-bond donors (Lipinski definition) is 0. The van der Waals surface area contributed by atoms with Crippen molar-refractivity contribution in [3.8, 4) is 0 Å². The van der Waals surface area contributed by atoms with Crippen LogP contribution in [-0.2, 0) is 14.7 Å². The van der Waals surface area contributed by atoms with Gasteiger partial charge in [0.2, 0.25) is 0 Å². The first-order valence-electron chi connectivity index (χ1n) is 7.53. The van der Waals surface area contributed by atoms with E-state index < -0.39 is 22.8 Å². The van der Waals surface area contributed by atoms with Crippen LogP contribution < -0.4 is 10.4 Å². The molecular formula is C18H19Cl3SiTi. The Hall–Kier alpha value is -0.149. The summed E-state index contributed by atoms with van der Waals surface area (Å²) in [5.41, 5.74) is 0. The van der Waals surface area contributed by atoms with Crippen LogP contribution >= 0.6 is 27.9 Å². The molecule has 120 valence electrons. The number of fused-ring (bicyclic) bond motifs is 1. The van der Waals surface area contributed by atoms with Crippen LogP contribution in [0.5, 0.6) is 0 Å². The van der Waals surface area contributed by atoms with Gasteiger partial charge in [-0.3, -0.25) is 0 Å². The maximum absolute atomic E-state index is 4.97. The maximum atomic E-state index is 4.97. The van der Waals surface area contributed by atoms with Crippen LogP contribution in [0.4, 0.5) is 0 Å². The van der Waals surface area contributed by atoms with E-state index in [1.165, 1.54) is 22.0 Å². The van der Waals surface area contributed by atoms with Gasteiger partial charge in [0.1, 0.15) is 0 Å². The molecule has 1 atom stereocenters. The third kappa shape index (κ3) is 4.69. The quantitative estimate of drug-likeness (QED) is 0.371. The summed E-state index contributed by atoms with van der Waals surface area (Å²) in [5.74, 6) is 0. The van der Waals surface area contributed by atoms with Crippen molar-refractivity contribution in [2.45, 2.75) is 19.5 Å². The summed E-state index contributed by atoms with van der Waals surface area (Å²) >= 11 is -1.92. The molecule has 3 rings (SSSR count). The van der Waals surface area contributed by atoms with Gasteiger partial charge >= 0.3 is 42.6 Å². The third-order valence-electron chi connectivity index (χ3n) is 4.39. The van der Waals surface area contributed by atoms with Crippen molar-refractivity contribution in [2.75, 3.05) is 0 Å². The fraction of sp³-hybridized carbons (Fsp3) is 0.167. The number of benzene rings is 2. The predicted molar refractivity (Wildman–Crippen MR) is 105 cm³/mol. The van der Waals surface area contributed by atoms with Crippen LogP contribution in [0, 0.1) is 0 Å². The van der Waals surface area contributed by atoms with E-state index >= 15 is 0 Å². The monoisotopic (exact) mass is 416 g/mol. The molecule has 0 N–H and O–H groups in total. The molecule has 0 saturated heterocycles.